The van der Waals surface area contributed by atoms with Crippen LogP contribution in [0, 0.1) is 17.8 Å². The summed E-state index contributed by atoms with van der Waals surface area (Å²) in [5, 5.41) is 13.3. The molecule has 0 aromatic rings. The van der Waals surface area contributed by atoms with Crippen LogP contribution >= 0.6 is 0 Å². The van der Waals surface area contributed by atoms with Crippen LogP contribution in [0.25, 0.3) is 0 Å². The van der Waals surface area contributed by atoms with E-state index >= 15 is 0 Å². The van der Waals surface area contributed by atoms with Gasteiger partial charge < -0.3 is 10.6 Å². The minimum absolute atomic E-state index is 0.103. The normalized spacial score (nSPS) is 11.3. The summed E-state index contributed by atoms with van der Waals surface area (Å²) in [4.78, 5) is 33.9. The van der Waals surface area contributed by atoms with Crippen LogP contribution in [0.2, 0.25) is 0 Å². The van der Waals surface area contributed by atoms with Gasteiger partial charge in [0.25, 0.3) is 0 Å². The highest BCUT2D eigenvalue weighted by Crippen LogP contribution is 2.15. The van der Waals surface area contributed by atoms with Crippen molar-refractivity contribution < 1.29 is 19.6 Å². The molecule has 0 spiro atoms. The maximum absolute atomic E-state index is 11.8. The van der Waals surface area contributed by atoms with Crippen LogP contribution in [0.1, 0.15) is 47.5 Å². The topological polar surface area (TPSA) is 108 Å². The summed E-state index contributed by atoms with van der Waals surface area (Å²) in [6, 6.07) is 0. The number of hydroxylamine groups is 1. The lowest BCUT2D eigenvalue weighted by atomic mass is 9.93. The van der Waals surface area contributed by atoms with Gasteiger partial charge in [0.05, 0.1) is 6.54 Å². The van der Waals surface area contributed by atoms with E-state index in [0.717, 1.165) is 5.92 Å². The van der Waals surface area contributed by atoms with Gasteiger partial charge in [0.2, 0.25) is 17.7 Å². The Labute approximate surface area is 133 Å². The van der Waals surface area contributed by atoms with E-state index < -0.39 is 11.8 Å². The molecule has 0 saturated carbocycles. The van der Waals surface area contributed by atoms with E-state index in [2.05, 4.69) is 31.4 Å². The molecule has 1 unspecified atom stereocenters. The van der Waals surface area contributed by atoms with E-state index in [4.69, 9.17) is 5.21 Å². The minimum atomic E-state index is -0.615. The number of amides is 3. The summed E-state index contributed by atoms with van der Waals surface area (Å²) >= 11 is 0. The predicted octanol–water partition coefficient (Wildman–Crippen LogP) is 1.07. The van der Waals surface area contributed by atoms with Crippen LogP contribution in [0.15, 0.2) is 0 Å². The highest BCUT2D eigenvalue weighted by molar-refractivity contribution is 5.88. The van der Waals surface area contributed by atoms with E-state index in [0.29, 0.717) is 6.42 Å². The van der Waals surface area contributed by atoms with Crippen molar-refractivity contribution in [3.63, 3.8) is 0 Å². The first-order chi connectivity index (χ1) is 10.1. The molecule has 0 aromatic carbocycles. The Morgan fingerprint density at radius 1 is 1.00 bits per heavy atom. The fourth-order valence-electron chi connectivity index (χ4n) is 1.52. The molecule has 0 radical (unpaired) electrons. The van der Waals surface area contributed by atoms with E-state index in [1.54, 1.807) is 0 Å². The zero-order chi connectivity index (χ0) is 17.7. The lowest BCUT2D eigenvalue weighted by Gasteiger charge is -2.17. The van der Waals surface area contributed by atoms with E-state index in [1.807, 2.05) is 13.8 Å². The van der Waals surface area contributed by atoms with Crippen molar-refractivity contribution in [3.8, 4) is 0 Å². The molecule has 0 rings (SSSR count). The Morgan fingerprint density at radius 2 is 1.50 bits per heavy atom. The van der Waals surface area contributed by atoms with Crippen LogP contribution in [0.3, 0.4) is 0 Å². The van der Waals surface area contributed by atoms with Gasteiger partial charge in [-0.15, -0.1) is 0 Å². The Kier molecular flexibility index (Phi) is 13.4. The molecular weight excluding hydrogens is 286 g/mol. The molecule has 0 aliphatic carbocycles. The van der Waals surface area contributed by atoms with Gasteiger partial charge >= 0.3 is 0 Å². The van der Waals surface area contributed by atoms with Crippen molar-refractivity contribution in [1.29, 1.82) is 0 Å². The molecule has 130 valence electrons. The average Bonchev–Trinajstić information content (AvgIpc) is 2.42. The van der Waals surface area contributed by atoms with Crippen molar-refractivity contribution in [2.45, 2.75) is 47.5 Å². The maximum atomic E-state index is 11.8. The number of nitrogens with one attached hydrogen (secondary N) is 3. The fraction of sp³-hybridized carbons (Fsp3) is 0.800. The fourth-order valence-corrected chi connectivity index (χ4v) is 1.52. The van der Waals surface area contributed by atoms with Crippen LogP contribution in [0.5, 0.6) is 0 Å². The molecule has 0 heterocycles. The van der Waals surface area contributed by atoms with Gasteiger partial charge in [0, 0.05) is 19.4 Å². The van der Waals surface area contributed by atoms with E-state index in [-0.39, 0.29) is 30.7 Å². The molecule has 0 saturated heterocycles. The number of hydrogen-bond acceptors (Lipinski definition) is 4. The van der Waals surface area contributed by atoms with Gasteiger partial charge in [-0.1, -0.05) is 34.6 Å². The molecule has 0 fully saturated rings. The van der Waals surface area contributed by atoms with E-state index in [9.17, 15) is 14.4 Å². The molecule has 0 aliphatic heterocycles. The maximum Gasteiger partial charge on any atom is 0.244 e. The Hall–Kier alpha value is -1.63. The minimum Gasteiger partial charge on any atom is -0.358 e. The van der Waals surface area contributed by atoms with Crippen molar-refractivity contribution in [3.05, 3.63) is 0 Å². The predicted molar refractivity (Wildman–Crippen MR) is 85.1 cm³/mol. The third-order valence-electron chi connectivity index (χ3n) is 2.39. The van der Waals surface area contributed by atoms with Crippen LogP contribution in [-0.4, -0.2) is 36.5 Å². The summed E-state index contributed by atoms with van der Waals surface area (Å²) in [7, 11) is 1.47. The van der Waals surface area contributed by atoms with E-state index in [1.165, 1.54) is 12.5 Å². The summed E-state index contributed by atoms with van der Waals surface area (Å²) in [5.41, 5.74) is 1.50. The number of likely N-dealkylation sites (N-methyl/N-ethyl adjacent to an activating group) is 1. The van der Waals surface area contributed by atoms with Crippen LogP contribution in [0.4, 0.5) is 0 Å². The molecular formula is C15H31N3O4. The number of carbonyl (C=O) groups is 3. The lowest BCUT2D eigenvalue weighted by Crippen LogP contribution is -2.40. The lowest BCUT2D eigenvalue weighted by molar-refractivity contribution is -0.135. The van der Waals surface area contributed by atoms with Crippen molar-refractivity contribution in [2.75, 3.05) is 13.6 Å². The van der Waals surface area contributed by atoms with Gasteiger partial charge in [0.15, 0.2) is 0 Å². The second-order valence-corrected chi connectivity index (χ2v) is 6.19. The van der Waals surface area contributed by atoms with Crippen molar-refractivity contribution in [1.82, 2.24) is 16.1 Å². The van der Waals surface area contributed by atoms with Gasteiger partial charge in [0.1, 0.15) is 0 Å². The first kappa shape index (κ1) is 22.6. The van der Waals surface area contributed by atoms with Crippen LogP contribution in [-0.2, 0) is 14.4 Å². The van der Waals surface area contributed by atoms with Crippen molar-refractivity contribution >= 4 is 17.7 Å². The Balaban J connectivity index is 0. The third-order valence-corrected chi connectivity index (χ3v) is 2.39. The molecule has 7 nitrogen and oxygen atoms in total. The van der Waals surface area contributed by atoms with Gasteiger partial charge in [-0.3, -0.25) is 19.6 Å². The molecule has 0 bridgehead atoms. The smallest absolute Gasteiger partial charge is 0.244 e. The first-order valence-electron chi connectivity index (χ1n) is 7.55. The SMILES string of the molecule is CC(C)C.CNC(=O)CNC(=O)C(CC(=O)NO)CC(C)C. The second kappa shape index (κ2) is 13.1. The largest absolute Gasteiger partial charge is 0.358 e. The molecule has 22 heavy (non-hydrogen) atoms. The zero-order valence-corrected chi connectivity index (χ0v) is 14.5. The standard InChI is InChI=1S/C11H21N3O4.C4H10/c1-7(2)4-8(5-9(15)14-18)11(17)13-6-10(16)12-3;1-4(2)3/h7-8,18H,4-6H2,1-3H3,(H,12,16)(H,13,17)(H,14,15);4H,1-3H3. The van der Waals surface area contributed by atoms with Gasteiger partial charge in [-0.05, 0) is 18.3 Å². The van der Waals surface area contributed by atoms with Gasteiger partial charge in [-0.2, -0.15) is 0 Å². The molecule has 7 heteroatoms. The third kappa shape index (κ3) is 14.8. The van der Waals surface area contributed by atoms with Crippen molar-refractivity contribution in [2.24, 2.45) is 17.8 Å². The number of carbonyl (C=O) groups excluding carboxylic acids is 3. The zero-order valence-electron chi connectivity index (χ0n) is 14.5. The average molecular weight is 317 g/mol. The van der Waals surface area contributed by atoms with Crippen LogP contribution < -0.4 is 16.1 Å². The Bertz CT molecular complexity index is 341. The first-order valence-corrected chi connectivity index (χ1v) is 7.55. The summed E-state index contributed by atoms with van der Waals surface area (Å²) < 4.78 is 0. The Morgan fingerprint density at radius 3 is 1.86 bits per heavy atom. The molecule has 0 aliphatic rings. The summed E-state index contributed by atoms with van der Waals surface area (Å²) in [6.07, 6.45) is 0.404. The molecule has 4 N–H and O–H groups in total. The molecule has 1 atom stereocenters. The van der Waals surface area contributed by atoms with Gasteiger partial charge in [-0.25, -0.2) is 5.48 Å². The summed E-state index contributed by atoms with van der Waals surface area (Å²) in [5.74, 6) is -0.779. The molecule has 0 aromatic heterocycles. The quantitative estimate of drug-likeness (QED) is 0.416. The highest BCUT2D eigenvalue weighted by Gasteiger charge is 2.23. The second-order valence-electron chi connectivity index (χ2n) is 6.19. The number of hydrogen-bond donors (Lipinski definition) is 4. The number of rotatable bonds is 7. The summed E-state index contributed by atoms with van der Waals surface area (Å²) in [6.45, 7) is 10.2. The monoisotopic (exact) mass is 317 g/mol. The highest BCUT2D eigenvalue weighted by atomic mass is 16.5. The molecule has 3 amide bonds.